The minimum absolute atomic E-state index is 0.107. The lowest BCUT2D eigenvalue weighted by molar-refractivity contribution is -0.315. The Morgan fingerprint density at radius 1 is 0.872 bits per heavy atom. The molecule has 0 radical (unpaired) electrons. The van der Waals surface area contributed by atoms with Crippen LogP contribution in [0.2, 0.25) is 0 Å². The van der Waals surface area contributed by atoms with Gasteiger partial charge in [-0.15, -0.1) is 0 Å². The van der Waals surface area contributed by atoms with Gasteiger partial charge in [-0.2, -0.15) is 26.3 Å². The highest BCUT2D eigenvalue weighted by Gasteiger charge is 2.66. The van der Waals surface area contributed by atoms with E-state index in [1.165, 1.54) is 0 Å². The number of alkyl halides is 6. The predicted octanol–water partition coefficient (Wildman–Crippen LogP) is 4.92. The molecule has 6 unspecified atom stereocenters. The molecule has 0 amide bonds. The second kappa shape index (κ2) is 12.3. The van der Waals surface area contributed by atoms with Crippen molar-refractivity contribution >= 4 is 23.9 Å². The van der Waals surface area contributed by atoms with Crippen LogP contribution in [-0.4, -0.2) is 85.4 Å². The van der Waals surface area contributed by atoms with Gasteiger partial charge in [0.1, 0.15) is 6.10 Å². The fourth-order valence-corrected chi connectivity index (χ4v) is 6.41. The Bertz CT molecular complexity index is 1210. The molecule has 4 aliphatic rings. The van der Waals surface area contributed by atoms with Crippen LogP contribution in [0.15, 0.2) is 0 Å². The third-order valence-electron chi connectivity index (χ3n) is 9.15. The first kappa shape index (κ1) is 37.2. The van der Waals surface area contributed by atoms with Gasteiger partial charge >= 0.3 is 36.2 Å². The van der Waals surface area contributed by atoms with E-state index in [2.05, 4.69) is 4.74 Å². The van der Waals surface area contributed by atoms with E-state index in [1.54, 1.807) is 6.92 Å². The molecule has 0 bridgehead atoms. The van der Waals surface area contributed by atoms with Crippen molar-refractivity contribution in [2.45, 2.75) is 136 Å². The van der Waals surface area contributed by atoms with E-state index in [9.17, 15) is 45.5 Å². The summed E-state index contributed by atoms with van der Waals surface area (Å²) in [5.41, 5.74) is -1.69. The Balaban J connectivity index is 1.30. The molecule has 0 aromatic carbocycles. The predicted molar refractivity (Wildman–Crippen MR) is 144 cm³/mol. The number of halogens is 6. The van der Waals surface area contributed by atoms with Gasteiger partial charge in [0.2, 0.25) is 6.10 Å². The molecule has 11 nitrogen and oxygen atoms in total. The zero-order chi connectivity index (χ0) is 35.5. The van der Waals surface area contributed by atoms with Gasteiger partial charge in [-0.3, -0.25) is 9.59 Å². The zero-order valence-corrected chi connectivity index (χ0v) is 27.0. The standard InChI is InChI=1S/C30H40F6O11/c1-25(2,3)13-27(7,26(4,5)6)24(40)41-12-15(37)42-18-16-17(43-21(18)39)19-22(44-16)47-28(46-19)10-8-14(9-11-28)20(38)45-23(29(31,32)33)30(34,35)36/h14,16-19,22-23H,8-13H2,1-7H3. The van der Waals surface area contributed by atoms with Crippen molar-refractivity contribution in [1.82, 2.24) is 0 Å². The number of esters is 4. The van der Waals surface area contributed by atoms with Crippen molar-refractivity contribution in [2.24, 2.45) is 22.2 Å². The van der Waals surface area contributed by atoms with E-state index in [4.69, 9.17) is 28.4 Å². The number of rotatable bonds is 7. The number of carbonyl (C=O) groups excluding carboxylic acids is 4. The molecule has 1 spiro atoms. The number of hydrogen-bond acceptors (Lipinski definition) is 11. The van der Waals surface area contributed by atoms with E-state index in [-0.39, 0.29) is 31.1 Å². The van der Waals surface area contributed by atoms with Crippen LogP contribution in [0.4, 0.5) is 26.3 Å². The fraction of sp³-hybridized carbons (Fsp3) is 0.867. The molecule has 3 heterocycles. The van der Waals surface area contributed by atoms with Crippen LogP contribution in [0.5, 0.6) is 0 Å². The highest BCUT2D eigenvalue weighted by atomic mass is 19.4. The maximum absolute atomic E-state index is 13.1. The maximum atomic E-state index is 13.1. The summed E-state index contributed by atoms with van der Waals surface area (Å²) in [6.07, 6.45) is -21.9. The molecule has 4 rings (SSSR count). The third-order valence-corrected chi connectivity index (χ3v) is 9.15. The molecule has 1 aliphatic carbocycles. The quantitative estimate of drug-likeness (QED) is 0.205. The Kier molecular flexibility index (Phi) is 9.76. The fourth-order valence-electron chi connectivity index (χ4n) is 6.41. The number of carbonyl (C=O) groups is 4. The molecular weight excluding hydrogens is 650 g/mol. The van der Waals surface area contributed by atoms with Crippen LogP contribution in [0.1, 0.15) is 80.6 Å². The summed E-state index contributed by atoms with van der Waals surface area (Å²) >= 11 is 0. The van der Waals surface area contributed by atoms with Crippen molar-refractivity contribution < 1.29 is 78.7 Å². The first-order valence-corrected chi connectivity index (χ1v) is 15.2. The van der Waals surface area contributed by atoms with Gasteiger partial charge in [-0.05, 0) is 37.0 Å². The van der Waals surface area contributed by atoms with E-state index in [0.29, 0.717) is 6.42 Å². The molecule has 4 fully saturated rings. The molecular formula is C30H40F6O11. The van der Waals surface area contributed by atoms with E-state index < -0.39 is 102 Å². The summed E-state index contributed by atoms with van der Waals surface area (Å²) < 4.78 is 114. The average Bonchev–Trinajstić information content (AvgIpc) is 3.50. The van der Waals surface area contributed by atoms with Gasteiger partial charge in [0.05, 0.1) is 11.3 Å². The van der Waals surface area contributed by atoms with Crippen molar-refractivity contribution in [3.05, 3.63) is 0 Å². The van der Waals surface area contributed by atoms with Crippen LogP contribution < -0.4 is 0 Å². The minimum atomic E-state index is -5.83. The topological polar surface area (TPSA) is 133 Å². The number of hydrogen-bond donors (Lipinski definition) is 0. The summed E-state index contributed by atoms with van der Waals surface area (Å²) in [6.45, 7) is 12.6. The van der Waals surface area contributed by atoms with Crippen LogP contribution in [0.25, 0.3) is 0 Å². The maximum Gasteiger partial charge on any atom is 0.434 e. The normalized spacial score (nSPS) is 32.4. The zero-order valence-electron chi connectivity index (χ0n) is 27.0. The molecule has 3 saturated heterocycles. The van der Waals surface area contributed by atoms with Crippen LogP contribution >= 0.6 is 0 Å². The Morgan fingerprint density at radius 2 is 1.45 bits per heavy atom. The van der Waals surface area contributed by atoms with Crippen molar-refractivity contribution in [3.8, 4) is 0 Å². The van der Waals surface area contributed by atoms with Crippen molar-refractivity contribution in [3.63, 3.8) is 0 Å². The average molecular weight is 691 g/mol. The highest BCUT2D eigenvalue weighted by molar-refractivity contribution is 5.84. The van der Waals surface area contributed by atoms with Crippen LogP contribution in [0, 0.1) is 22.2 Å². The summed E-state index contributed by atoms with van der Waals surface area (Å²) in [4.78, 5) is 50.6. The van der Waals surface area contributed by atoms with Gasteiger partial charge in [0, 0.05) is 12.8 Å². The second-order valence-corrected chi connectivity index (χ2v) is 15.0. The summed E-state index contributed by atoms with van der Waals surface area (Å²) in [5.74, 6) is -6.89. The number of fused-ring (bicyclic) bond motifs is 3. The molecule has 6 atom stereocenters. The Labute approximate surface area is 267 Å². The molecule has 0 aromatic rings. The Hall–Kier alpha value is -2.66. The summed E-state index contributed by atoms with van der Waals surface area (Å²) in [5, 5.41) is 0. The highest BCUT2D eigenvalue weighted by Crippen LogP contribution is 2.50. The summed E-state index contributed by atoms with van der Waals surface area (Å²) in [6, 6.07) is 0. The van der Waals surface area contributed by atoms with Crippen LogP contribution in [0.3, 0.4) is 0 Å². The molecule has 268 valence electrons. The van der Waals surface area contributed by atoms with Gasteiger partial charge in [0.25, 0.3) is 6.10 Å². The first-order valence-electron chi connectivity index (χ1n) is 15.2. The summed E-state index contributed by atoms with van der Waals surface area (Å²) in [7, 11) is 0. The second-order valence-electron chi connectivity index (χ2n) is 15.0. The molecule has 3 aliphatic heterocycles. The monoisotopic (exact) mass is 690 g/mol. The van der Waals surface area contributed by atoms with Crippen molar-refractivity contribution in [2.75, 3.05) is 6.61 Å². The van der Waals surface area contributed by atoms with Crippen molar-refractivity contribution in [1.29, 1.82) is 0 Å². The van der Waals surface area contributed by atoms with Gasteiger partial charge in [-0.25, -0.2) is 9.59 Å². The molecule has 0 N–H and O–H groups in total. The molecule has 47 heavy (non-hydrogen) atoms. The lowest BCUT2D eigenvalue weighted by Crippen LogP contribution is -2.47. The molecule has 17 heteroatoms. The van der Waals surface area contributed by atoms with E-state index in [0.717, 1.165) is 0 Å². The lowest BCUT2D eigenvalue weighted by atomic mass is 9.61. The number of ether oxygens (including phenoxy) is 7. The van der Waals surface area contributed by atoms with E-state index >= 15 is 0 Å². The SMILES string of the molecule is CC(C)(C)CC(C)(C(=O)OCC(=O)OC1C(=O)OC2C3OC4(CCC(C(=O)OC(C(F)(F)F)C(F)(F)F)CC4)OC3OC12)C(C)(C)C. The van der Waals surface area contributed by atoms with Gasteiger partial charge in [0.15, 0.2) is 30.9 Å². The largest absolute Gasteiger partial charge is 0.454 e. The van der Waals surface area contributed by atoms with E-state index in [1.807, 2.05) is 41.5 Å². The minimum Gasteiger partial charge on any atom is -0.454 e. The van der Waals surface area contributed by atoms with Gasteiger partial charge < -0.3 is 33.2 Å². The molecule has 1 saturated carbocycles. The van der Waals surface area contributed by atoms with Gasteiger partial charge in [-0.1, -0.05) is 41.5 Å². The molecule has 0 aromatic heterocycles. The lowest BCUT2D eigenvalue weighted by Gasteiger charge is -2.43. The Morgan fingerprint density at radius 3 is 1.96 bits per heavy atom. The van der Waals surface area contributed by atoms with Crippen LogP contribution in [-0.2, 0) is 52.3 Å². The smallest absolute Gasteiger partial charge is 0.434 e. The first-order chi connectivity index (χ1) is 21.3. The third kappa shape index (κ3) is 7.82.